The smallest absolute Gasteiger partial charge is 0.178 e. The third-order valence-electron chi connectivity index (χ3n) is 4.92. The second kappa shape index (κ2) is 7.31. The van der Waals surface area contributed by atoms with Crippen LogP contribution in [0.1, 0.15) is 37.4 Å². The lowest BCUT2D eigenvalue weighted by atomic mass is 9.94. The van der Waals surface area contributed by atoms with E-state index in [4.69, 9.17) is 0 Å². The standard InChI is InChI=1S/C19H22N6O2S/c1-13(2)19(15-6-5-14-4-3-9-28(26,27)16(14)10-15)23-17-11-18(21-12-20-17)25-8-7-22-24-25/h5-8,10-13,19H,3-4,9H2,1-2H3,(H,20,21,23)/t19-/m1/s1. The zero-order chi connectivity index (χ0) is 19.7. The molecule has 1 atom stereocenters. The number of nitrogens with one attached hydrogen (secondary N) is 1. The Morgan fingerprint density at radius 1 is 1.18 bits per heavy atom. The molecule has 28 heavy (non-hydrogen) atoms. The summed E-state index contributed by atoms with van der Waals surface area (Å²) in [4.78, 5) is 8.99. The fourth-order valence-electron chi connectivity index (χ4n) is 3.50. The average molecular weight is 398 g/mol. The van der Waals surface area contributed by atoms with Crippen LogP contribution in [0.5, 0.6) is 0 Å². The fourth-order valence-corrected chi connectivity index (χ4v) is 5.13. The summed E-state index contributed by atoms with van der Waals surface area (Å²) in [6.45, 7) is 4.18. The summed E-state index contributed by atoms with van der Waals surface area (Å²) in [5.41, 5.74) is 1.84. The monoisotopic (exact) mass is 398 g/mol. The van der Waals surface area contributed by atoms with Crippen LogP contribution in [0.15, 0.2) is 47.9 Å². The molecule has 0 fully saturated rings. The van der Waals surface area contributed by atoms with E-state index < -0.39 is 9.84 Å². The highest BCUT2D eigenvalue weighted by molar-refractivity contribution is 7.91. The van der Waals surface area contributed by atoms with E-state index >= 15 is 0 Å². The Bertz CT molecular complexity index is 1080. The first-order valence-electron chi connectivity index (χ1n) is 9.25. The number of aromatic nitrogens is 5. The molecule has 1 aliphatic rings. The van der Waals surface area contributed by atoms with Crippen molar-refractivity contribution in [2.45, 2.75) is 37.6 Å². The number of benzene rings is 1. The number of fused-ring (bicyclic) bond motifs is 1. The van der Waals surface area contributed by atoms with Crippen molar-refractivity contribution in [2.75, 3.05) is 11.1 Å². The summed E-state index contributed by atoms with van der Waals surface area (Å²) < 4.78 is 26.5. The number of nitrogens with zero attached hydrogens (tertiary/aromatic N) is 5. The molecule has 0 saturated heterocycles. The summed E-state index contributed by atoms with van der Waals surface area (Å²) in [5, 5.41) is 11.2. The Morgan fingerprint density at radius 2 is 2.04 bits per heavy atom. The molecule has 0 radical (unpaired) electrons. The average Bonchev–Trinajstić information content (AvgIpc) is 3.21. The lowest BCUT2D eigenvalue weighted by Gasteiger charge is -2.25. The third kappa shape index (κ3) is 3.62. The first-order valence-corrected chi connectivity index (χ1v) is 10.9. The summed E-state index contributed by atoms with van der Waals surface area (Å²) in [5.74, 6) is 1.68. The number of hydrogen-bond acceptors (Lipinski definition) is 7. The van der Waals surface area contributed by atoms with Gasteiger partial charge in [0.1, 0.15) is 12.1 Å². The van der Waals surface area contributed by atoms with Crippen LogP contribution in [-0.4, -0.2) is 39.1 Å². The molecular formula is C19H22N6O2S. The van der Waals surface area contributed by atoms with Gasteiger partial charge >= 0.3 is 0 Å². The number of rotatable bonds is 5. The van der Waals surface area contributed by atoms with Crippen molar-refractivity contribution in [2.24, 2.45) is 5.92 Å². The van der Waals surface area contributed by atoms with Gasteiger partial charge in [0.05, 0.1) is 29.1 Å². The maximum absolute atomic E-state index is 12.5. The molecule has 0 unspecified atom stereocenters. The van der Waals surface area contributed by atoms with Crippen molar-refractivity contribution < 1.29 is 8.42 Å². The second-order valence-corrected chi connectivity index (χ2v) is 9.34. The summed E-state index contributed by atoms with van der Waals surface area (Å²) in [6, 6.07) is 7.47. The molecule has 146 valence electrons. The summed E-state index contributed by atoms with van der Waals surface area (Å²) in [6.07, 6.45) is 6.25. The highest BCUT2D eigenvalue weighted by Crippen LogP contribution is 2.32. The third-order valence-corrected chi connectivity index (χ3v) is 6.80. The number of hydrogen-bond donors (Lipinski definition) is 1. The van der Waals surface area contributed by atoms with Gasteiger partial charge in [-0.1, -0.05) is 31.2 Å². The molecule has 1 aromatic carbocycles. The SMILES string of the molecule is CC(C)[C@@H](Nc1cc(-n2ccnn2)ncn1)c1ccc2c(c1)S(=O)(=O)CCC2. The molecule has 0 saturated carbocycles. The molecule has 3 heterocycles. The topological polar surface area (TPSA) is 103 Å². The minimum absolute atomic E-state index is 0.0964. The van der Waals surface area contributed by atoms with E-state index in [0.29, 0.717) is 23.0 Å². The van der Waals surface area contributed by atoms with Crippen LogP contribution < -0.4 is 5.32 Å². The van der Waals surface area contributed by atoms with Crippen LogP contribution in [0.2, 0.25) is 0 Å². The van der Waals surface area contributed by atoms with Gasteiger partial charge in [0.2, 0.25) is 0 Å². The normalized spacial score (nSPS) is 16.5. The van der Waals surface area contributed by atoms with E-state index in [1.807, 2.05) is 18.2 Å². The molecule has 0 spiro atoms. The van der Waals surface area contributed by atoms with E-state index in [2.05, 4.69) is 39.4 Å². The quantitative estimate of drug-likeness (QED) is 0.704. The van der Waals surface area contributed by atoms with Gasteiger partial charge in [0.25, 0.3) is 0 Å². The Balaban J connectivity index is 1.67. The molecule has 4 rings (SSSR count). The van der Waals surface area contributed by atoms with Gasteiger partial charge in [0.15, 0.2) is 15.7 Å². The Kier molecular flexibility index (Phi) is 4.84. The number of anilines is 1. The lowest BCUT2D eigenvalue weighted by molar-refractivity contribution is 0.542. The van der Waals surface area contributed by atoms with Gasteiger partial charge < -0.3 is 5.32 Å². The van der Waals surface area contributed by atoms with Crippen molar-refractivity contribution in [3.05, 3.63) is 54.1 Å². The van der Waals surface area contributed by atoms with Crippen LogP contribution >= 0.6 is 0 Å². The van der Waals surface area contributed by atoms with Crippen molar-refractivity contribution >= 4 is 15.7 Å². The molecule has 9 heteroatoms. The van der Waals surface area contributed by atoms with Crippen LogP contribution in [0.4, 0.5) is 5.82 Å². The first-order chi connectivity index (χ1) is 13.4. The summed E-state index contributed by atoms with van der Waals surface area (Å²) in [7, 11) is -3.20. The molecule has 0 aliphatic carbocycles. The van der Waals surface area contributed by atoms with Crippen LogP contribution in [0, 0.1) is 5.92 Å². The molecule has 3 aromatic rings. The molecule has 2 aromatic heterocycles. The van der Waals surface area contributed by atoms with Gasteiger partial charge in [-0.25, -0.2) is 23.1 Å². The van der Waals surface area contributed by atoms with Crippen LogP contribution in [0.3, 0.4) is 0 Å². The maximum Gasteiger partial charge on any atom is 0.178 e. The van der Waals surface area contributed by atoms with Crippen molar-refractivity contribution in [1.82, 2.24) is 25.0 Å². The zero-order valence-electron chi connectivity index (χ0n) is 15.8. The van der Waals surface area contributed by atoms with Crippen molar-refractivity contribution in [3.63, 3.8) is 0 Å². The number of aryl methyl sites for hydroxylation is 1. The molecular weight excluding hydrogens is 376 g/mol. The maximum atomic E-state index is 12.5. The van der Waals surface area contributed by atoms with Gasteiger partial charge in [-0.3, -0.25) is 0 Å². The molecule has 1 aliphatic heterocycles. The van der Waals surface area contributed by atoms with Gasteiger partial charge in [-0.15, -0.1) is 5.10 Å². The van der Waals surface area contributed by atoms with Gasteiger partial charge in [-0.05, 0) is 36.0 Å². The molecule has 1 N–H and O–H groups in total. The van der Waals surface area contributed by atoms with Crippen molar-refractivity contribution in [1.29, 1.82) is 0 Å². The Morgan fingerprint density at radius 3 is 2.79 bits per heavy atom. The molecule has 8 nitrogen and oxygen atoms in total. The fraction of sp³-hybridized carbons (Fsp3) is 0.368. The zero-order valence-corrected chi connectivity index (χ0v) is 16.6. The van der Waals surface area contributed by atoms with Crippen LogP contribution in [-0.2, 0) is 16.3 Å². The molecule has 0 bridgehead atoms. The predicted octanol–water partition coefficient (Wildman–Crippen LogP) is 2.59. The second-order valence-electron chi connectivity index (χ2n) is 7.26. The first kappa shape index (κ1) is 18.5. The van der Waals surface area contributed by atoms with Gasteiger partial charge in [-0.2, -0.15) is 0 Å². The van der Waals surface area contributed by atoms with E-state index in [0.717, 1.165) is 17.5 Å². The van der Waals surface area contributed by atoms with E-state index in [1.54, 1.807) is 23.1 Å². The highest BCUT2D eigenvalue weighted by Gasteiger charge is 2.26. The number of sulfone groups is 1. The highest BCUT2D eigenvalue weighted by atomic mass is 32.2. The lowest BCUT2D eigenvalue weighted by Crippen LogP contribution is -2.21. The largest absolute Gasteiger partial charge is 0.363 e. The van der Waals surface area contributed by atoms with Gasteiger partial charge in [0, 0.05) is 6.07 Å². The minimum Gasteiger partial charge on any atom is -0.363 e. The van der Waals surface area contributed by atoms with Crippen molar-refractivity contribution in [3.8, 4) is 5.82 Å². The van der Waals surface area contributed by atoms with E-state index in [9.17, 15) is 8.42 Å². The minimum atomic E-state index is -3.20. The Labute approximate surface area is 164 Å². The van der Waals surface area contributed by atoms with Crippen LogP contribution in [0.25, 0.3) is 5.82 Å². The summed E-state index contributed by atoms with van der Waals surface area (Å²) >= 11 is 0. The Hall–Kier alpha value is -2.81. The van der Waals surface area contributed by atoms with E-state index in [-0.39, 0.29) is 17.7 Å². The molecule has 0 amide bonds. The van der Waals surface area contributed by atoms with E-state index in [1.165, 1.54) is 6.33 Å². The predicted molar refractivity (Wildman–Crippen MR) is 105 cm³/mol.